The van der Waals surface area contributed by atoms with Crippen LogP contribution in [0.25, 0.3) is 11.2 Å². The normalized spacial score (nSPS) is 34.3. The molecule has 0 aliphatic carbocycles. The number of aliphatic hydroxyl groups excluding tert-OH is 3. The first-order valence-electron chi connectivity index (χ1n) is 17.9. The van der Waals surface area contributed by atoms with Gasteiger partial charge in [-0.05, 0) is 11.8 Å². The Balaban J connectivity index is 1.17. The number of nitrogen functional groups attached to an aromatic ring is 1. The Morgan fingerprint density at radius 1 is 0.852 bits per heavy atom. The van der Waals surface area contributed by atoms with Crippen LogP contribution in [0, 0.1) is 0 Å². The molecule has 30 heteroatoms. The van der Waals surface area contributed by atoms with E-state index in [2.05, 4.69) is 15.0 Å². The number of nitrogens with zero attached hydrogens (tertiary/aromatic N) is 6. The third-order valence-electron chi connectivity index (χ3n) is 10.2. The first kappa shape index (κ1) is 43.4. The summed E-state index contributed by atoms with van der Waals surface area (Å²) in [6, 6.07) is 1.85. The molecule has 0 radical (unpaired) electrons. The van der Waals surface area contributed by atoms with Gasteiger partial charge in [0.1, 0.15) is 49.2 Å². The predicted octanol–water partition coefficient (Wildman–Crippen LogP) is -5.07. The number of hydrogen-bond donors (Lipinski definition) is 8. The molecule has 1 unspecified atom stereocenters. The van der Waals surface area contributed by atoms with Crippen molar-refractivity contribution in [1.29, 1.82) is 0 Å². The van der Waals surface area contributed by atoms with E-state index >= 15 is 0 Å². The molecule has 0 aromatic carbocycles. The molecule has 4 aromatic heterocycles. The molecule has 4 aliphatic heterocycles. The number of nitrogens with one attached hydrogen (secondary N) is 2. The van der Waals surface area contributed by atoms with E-state index in [-0.39, 0.29) is 23.8 Å². The molecule has 4 aliphatic rings. The van der Waals surface area contributed by atoms with Crippen molar-refractivity contribution in [3.8, 4) is 0 Å². The lowest BCUT2D eigenvalue weighted by atomic mass is 10.1. The van der Waals surface area contributed by atoms with Gasteiger partial charge in [0, 0.05) is 38.7 Å². The zero-order chi connectivity index (χ0) is 43.6. The maximum Gasteiger partial charge on any atom is 0.335 e. The van der Waals surface area contributed by atoms with E-state index in [1.54, 1.807) is 0 Å². The number of aromatic amines is 2. The van der Waals surface area contributed by atoms with E-state index < -0.39 is 122 Å². The SMILES string of the molecule is COC[C@H]1O[C@@H](n2ccc(=O)[nH]c2=O)[C@H](O)[C@]1(O)OP(=S)(OC(O)[C@H]1O[C@@H](n2cnc3c(N)ncnc32)[C@@H]2OCO[C@@H]21)O[C@]1(O)[C@@H](COC)O[C@@H](n2ccc(=O)[nH]c2=O)[C@@H]1O. The molecule has 0 saturated carbocycles. The molecular weight excluding hydrogens is 865 g/mol. The van der Waals surface area contributed by atoms with E-state index in [1.807, 2.05) is 9.97 Å². The number of rotatable bonds is 14. The Bertz CT molecular complexity index is 2450. The molecule has 4 aromatic rings. The lowest BCUT2D eigenvalue weighted by molar-refractivity contribution is -0.261. The minimum absolute atomic E-state index is 0.0581. The fraction of sp³-hybridized carbons (Fsp3) is 0.581. The van der Waals surface area contributed by atoms with Crippen molar-refractivity contribution in [3.05, 3.63) is 78.9 Å². The van der Waals surface area contributed by atoms with Crippen molar-refractivity contribution < 1.29 is 72.3 Å². The zero-order valence-electron chi connectivity index (χ0n) is 31.5. The lowest BCUT2D eigenvalue weighted by Gasteiger charge is -2.40. The maximum atomic E-state index is 12.8. The number of H-pyrrole nitrogens is 2. The molecule has 61 heavy (non-hydrogen) atoms. The summed E-state index contributed by atoms with van der Waals surface area (Å²) in [6.07, 6.45) is -14.5. The number of aliphatic hydroxyl groups is 5. The Morgan fingerprint density at radius 3 is 1.92 bits per heavy atom. The van der Waals surface area contributed by atoms with Crippen LogP contribution in [0.3, 0.4) is 0 Å². The monoisotopic (exact) mass is 903 g/mol. The van der Waals surface area contributed by atoms with Crippen LogP contribution in [0.1, 0.15) is 18.7 Å². The lowest BCUT2D eigenvalue weighted by Crippen LogP contribution is -2.54. The minimum atomic E-state index is -5.22. The first-order chi connectivity index (χ1) is 29.0. The van der Waals surface area contributed by atoms with E-state index in [9.17, 15) is 44.7 Å². The van der Waals surface area contributed by atoms with Crippen LogP contribution < -0.4 is 28.2 Å². The Labute approximate surface area is 344 Å². The number of methoxy groups -OCH3 is 2. The Kier molecular flexibility index (Phi) is 11.7. The molecule has 8 rings (SSSR count). The van der Waals surface area contributed by atoms with Gasteiger partial charge in [0.2, 0.25) is 11.6 Å². The highest BCUT2D eigenvalue weighted by Gasteiger charge is 2.65. The summed E-state index contributed by atoms with van der Waals surface area (Å²) in [4.78, 5) is 65.6. The topological polar surface area (TPSA) is 373 Å². The van der Waals surface area contributed by atoms with Crippen molar-refractivity contribution in [1.82, 2.24) is 38.6 Å². The van der Waals surface area contributed by atoms with Gasteiger partial charge in [0.05, 0.1) is 19.5 Å². The third-order valence-corrected chi connectivity index (χ3v) is 12.5. The molecule has 28 nitrogen and oxygen atoms in total. The van der Waals surface area contributed by atoms with Gasteiger partial charge < -0.3 is 64.4 Å². The summed E-state index contributed by atoms with van der Waals surface area (Å²) in [5.41, 5.74) is 2.66. The van der Waals surface area contributed by atoms with Gasteiger partial charge in [0.15, 0.2) is 48.6 Å². The van der Waals surface area contributed by atoms with Crippen LogP contribution in [-0.4, -0.2) is 159 Å². The molecule has 13 atom stereocenters. The minimum Gasteiger partial charge on any atom is -0.383 e. The Morgan fingerprint density at radius 2 is 1.39 bits per heavy atom. The van der Waals surface area contributed by atoms with Gasteiger partial charge in [0.25, 0.3) is 11.1 Å². The first-order valence-corrected chi connectivity index (χ1v) is 20.5. The number of anilines is 1. The number of nitrogens with two attached hydrogens (primary N) is 1. The van der Waals surface area contributed by atoms with Gasteiger partial charge in [-0.2, -0.15) is 0 Å². The highest BCUT2D eigenvalue weighted by Crippen LogP contribution is 2.62. The van der Waals surface area contributed by atoms with E-state index in [0.717, 1.165) is 24.5 Å². The van der Waals surface area contributed by atoms with E-state index in [1.165, 1.54) is 31.4 Å². The van der Waals surface area contributed by atoms with Gasteiger partial charge in [-0.15, -0.1) is 0 Å². The molecule has 8 heterocycles. The van der Waals surface area contributed by atoms with Crippen LogP contribution in [0.4, 0.5) is 5.82 Å². The van der Waals surface area contributed by atoms with Crippen LogP contribution in [0.15, 0.2) is 56.4 Å². The molecule has 0 bridgehead atoms. The second-order valence-corrected chi connectivity index (χ2v) is 16.8. The van der Waals surface area contributed by atoms with Gasteiger partial charge in [-0.3, -0.25) is 46.8 Å². The molecular formula is C31H38N9O19PS. The quantitative estimate of drug-likeness (QED) is 0.0433. The highest BCUT2D eigenvalue weighted by atomic mass is 32.5. The largest absolute Gasteiger partial charge is 0.383 e. The van der Waals surface area contributed by atoms with Gasteiger partial charge in [-0.25, -0.2) is 24.5 Å². The highest BCUT2D eigenvalue weighted by molar-refractivity contribution is 8.07. The fourth-order valence-corrected chi connectivity index (χ4v) is 10.0. The Hall–Kier alpha value is -4.24. The molecule has 0 amide bonds. The van der Waals surface area contributed by atoms with E-state index in [4.69, 9.17) is 64.3 Å². The van der Waals surface area contributed by atoms with Crippen LogP contribution in [0.5, 0.6) is 0 Å². The average Bonchev–Trinajstić information content (AvgIpc) is 4.01. The number of hydrogen-bond acceptors (Lipinski definition) is 24. The zero-order valence-corrected chi connectivity index (χ0v) is 33.2. The summed E-state index contributed by atoms with van der Waals surface area (Å²) < 4.78 is 60.3. The average molecular weight is 904 g/mol. The molecule has 0 spiro atoms. The van der Waals surface area contributed by atoms with Crippen LogP contribution in [0.2, 0.25) is 0 Å². The molecule has 9 N–H and O–H groups in total. The number of imidazole rings is 1. The maximum absolute atomic E-state index is 12.8. The second-order valence-electron chi connectivity index (χ2n) is 13.9. The van der Waals surface area contributed by atoms with Crippen molar-refractivity contribution in [3.63, 3.8) is 0 Å². The molecule has 332 valence electrons. The van der Waals surface area contributed by atoms with Crippen molar-refractivity contribution in [2.75, 3.05) is 40.0 Å². The van der Waals surface area contributed by atoms with E-state index in [0.29, 0.717) is 9.13 Å². The number of fused-ring (bicyclic) bond motifs is 2. The summed E-state index contributed by atoms with van der Waals surface area (Å²) in [7, 11) is 2.37. The van der Waals surface area contributed by atoms with Crippen LogP contribution >= 0.6 is 6.72 Å². The predicted molar refractivity (Wildman–Crippen MR) is 198 cm³/mol. The van der Waals surface area contributed by atoms with Gasteiger partial charge in [-0.1, -0.05) is 0 Å². The standard InChI is InChI=1S/C31H38N9O19PS/c1-50-7-12-30(48,20(43)25(54-12)38-5-3-14(41)36-28(38)46)58-60(61,59-31(49)13(8-51-2)55-26(21(31)44)39-6-4-15(42)37-29(39)47)57-27(45)19-17-18(53-11-52-17)24(56-19)40-10-35-16-22(32)33-9-34-23(16)40/h3-6,9-10,12-13,17-21,24-27,43-45,48-49H,7-8,11H2,1-2H3,(H2,32,33,34)(H,36,41,46)(H,37,42,47)/t12-,13-,17+,18-,19+,20+,21+,24-,25-,26-,27?,30-,31-/m1/s1. The summed E-state index contributed by atoms with van der Waals surface area (Å²) in [5, 5.41) is 59.7. The summed E-state index contributed by atoms with van der Waals surface area (Å²) in [5.74, 6) is -6.22. The number of aromatic nitrogens is 8. The van der Waals surface area contributed by atoms with Crippen molar-refractivity contribution in [2.24, 2.45) is 0 Å². The van der Waals surface area contributed by atoms with Crippen molar-refractivity contribution >= 4 is 35.5 Å². The second kappa shape index (κ2) is 16.5. The molecule has 4 saturated heterocycles. The summed E-state index contributed by atoms with van der Waals surface area (Å²) in [6.45, 7) is -6.69. The number of ether oxygens (including phenoxy) is 7. The fourth-order valence-electron chi connectivity index (χ4n) is 7.36. The molecule has 4 fully saturated rings. The van der Waals surface area contributed by atoms with Gasteiger partial charge >= 0.3 is 18.1 Å². The van der Waals surface area contributed by atoms with Crippen molar-refractivity contribution in [2.45, 2.75) is 79.3 Å². The summed E-state index contributed by atoms with van der Waals surface area (Å²) >= 11 is 5.76. The van der Waals surface area contributed by atoms with Crippen LogP contribution in [-0.2, 0) is 58.5 Å². The smallest absolute Gasteiger partial charge is 0.335 e. The third kappa shape index (κ3) is 7.59.